The van der Waals surface area contributed by atoms with Gasteiger partial charge in [0.15, 0.2) is 0 Å². The predicted molar refractivity (Wildman–Crippen MR) is 142 cm³/mol. The van der Waals surface area contributed by atoms with Gasteiger partial charge in [0.2, 0.25) is 0 Å². The molecule has 1 aliphatic heterocycles. The lowest BCUT2D eigenvalue weighted by Crippen LogP contribution is -2.33. The van der Waals surface area contributed by atoms with Crippen LogP contribution in [0.25, 0.3) is 38.1 Å². The van der Waals surface area contributed by atoms with E-state index < -0.39 is 0 Å². The summed E-state index contributed by atoms with van der Waals surface area (Å²) in [5, 5.41) is 5.47. The van der Waals surface area contributed by atoms with Crippen LogP contribution in [0.3, 0.4) is 0 Å². The van der Waals surface area contributed by atoms with Gasteiger partial charge in [0.1, 0.15) is 0 Å². The highest BCUT2D eigenvalue weighted by molar-refractivity contribution is 6.25. The summed E-state index contributed by atoms with van der Waals surface area (Å²) in [5.41, 5.74) is 10.5. The van der Waals surface area contributed by atoms with Gasteiger partial charge < -0.3 is 14.2 Å². The molecule has 0 N–H and O–H groups in total. The first-order valence-electron chi connectivity index (χ1n) is 11.9. The average molecular weight is 430 g/mol. The first-order chi connectivity index (χ1) is 16.0. The van der Waals surface area contributed by atoms with E-state index in [-0.39, 0.29) is 0 Å². The third kappa shape index (κ3) is 2.34. The van der Waals surface area contributed by atoms with Crippen LogP contribution in [0, 0.1) is 13.8 Å². The largest absolute Gasteiger partial charge is 0.349 e. The summed E-state index contributed by atoms with van der Waals surface area (Å²) in [7, 11) is 0. The molecule has 0 amide bonds. The molecule has 33 heavy (non-hydrogen) atoms. The zero-order chi connectivity index (χ0) is 22.4. The lowest BCUT2D eigenvalue weighted by Gasteiger charge is -2.25. The van der Waals surface area contributed by atoms with E-state index in [0.29, 0.717) is 6.04 Å². The fourth-order valence-electron chi connectivity index (χ4n) is 6.11. The van der Waals surface area contributed by atoms with Crippen LogP contribution in [0.15, 0.2) is 72.8 Å². The highest BCUT2D eigenvalue weighted by Gasteiger charge is 2.29. The number of fused-ring (bicyclic) bond motifs is 7. The van der Waals surface area contributed by atoms with E-state index in [1.54, 1.807) is 0 Å². The Bertz CT molecular complexity index is 1710. The summed E-state index contributed by atoms with van der Waals surface area (Å²) < 4.78 is 2.48. The SMILES string of the molecule is Cc1cc(C)c2c3cc(N4CN(C(C)C)c5ccccc54)ccc3n3c4ccccc4c1c23. The molecule has 2 aromatic heterocycles. The van der Waals surface area contributed by atoms with Crippen molar-refractivity contribution in [3.05, 3.63) is 83.9 Å². The van der Waals surface area contributed by atoms with Gasteiger partial charge in [-0.15, -0.1) is 0 Å². The van der Waals surface area contributed by atoms with E-state index in [1.165, 1.54) is 66.3 Å². The molecule has 7 rings (SSSR count). The number of nitrogens with zero attached hydrogens (tertiary/aromatic N) is 3. The number of hydrogen-bond acceptors (Lipinski definition) is 2. The van der Waals surface area contributed by atoms with Crippen LogP contribution in [-0.4, -0.2) is 17.1 Å². The lowest BCUT2D eigenvalue weighted by molar-refractivity contribution is 0.709. The van der Waals surface area contributed by atoms with Gasteiger partial charge in [0.05, 0.1) is 34.6 Å². The van der Waals surface area contributed by atoms with Gasteiger partial charge in [-0.3, -0.25) is 0 Å². The van der Waals surface area contributed by atoms with Gasteiger partial charge in [-0.25, -0.2) is 0 Å². The smallest absolute Gasteiger partial charge is 0.0955 e. The van der Waals surface area contributed by atoms with Crippen molar-refractivity contribution >= 4 is 55.2 Å². The minimum absolute atomic E-state index is 0.455. The quantitative estimate of drug-likeness (QED) is 0.278. The van der Waals surface area contributed by atoms with Gasteiger partial charge >= 0.3 is 0 Å². The molecule has 3 nitrogen and oxygen atoms in total. The number of benzene rings is 4. The molecule has 0 saturated carbocycles. The lowest BCUT2D eigenvalue weighted by atomic mass is 9.99. The second-order valence-electron chi connectivity index (χ2n) is 9.78. The Morgan fingerprint density at radius 2 is 1.36 bits per heavy atom. The van der Waals surface area contributed by atoms with Crippen molar-refractivity contribution in [3.8, 4) is 0 Å². The topological polar surface area (TPSA) is 10.9 Å². The predicted octanol–water partition coefficient (Wildman–Crippen LogP) is 7.78. The maximum atomic E-state index is 2.48. The second kappa shape index (κ2) is 6.41. The number of aromatic nitrogens is 1. The van der Waals surface area contributed by atoms with Crippen LogP contribution in [0.1, 0.15) is 25.0 Å². The van der Waals surface area contributed by atoms with Crippen LogP contribution in [0.5, 0.6) is 0 Å². The van der Waals surface area contributed by atoms with E-state index in [0.717, 1.165) is 6.67 Å². The summed E-state index contributed by atoms with van der Waals surface area (Å²) >= 11 is 0. The molecule has 0 fully saturated rings. The van der Waals surface area contributed by atoms with E-state index in [9.17, 15) is 0 Å². The van der Waals surface area contributed by atoms with Gasteiger partial charge in [0, 0.05) is 33.3 Å². The molecule has 1 aliphatic rings. The van der Waals surface area contributed by atoms with Crippen LogP contribution < -0.4 is 9.80 Å². The molecule has 3 heterocycles. The summed E-state index contributed by atoms with van der Waals surface area (Å²) in [4.78, 5) is 4.94. The Kier molecular flexibility index (Phi) is 3.66. The Labute approximate surface area is 193 Å². The van der Waals surface area contributed by atoms with Crippen LogP contribution >= 0.6 is 0 Å². The van der Waals surface area contributed by atoms with E-state index in [2.05, 4.69) is 115 Å². The normalized spacial score (nSPS) is 14.1. The van der Waals surface area contributed by atoms with Crippen LogP contribution in [0.4, 0.5) is 17.1 Å². The Balaban J connectivity index is 1.54. The summed E-state index contributed by atoms with van der Waals surface area (Å²) in [5.74, 6) is 0. The zero-order valence-electron chi connectivity index (χ0n) is 19.6. The van der Waals surface area contributed by atoms with Gasteiger partial charge in [-0.05, 0) is 75.2 Å². The molecule has 0 aliphatic carbocycles. The van der Waals surface area contributed by atoms with Crippen LogP contribution in [0.2, 0.25) is 0 Å². The molecule has 0 spiro atoms. The number of aryl methyl sites for hydroxylation is 2. The summed E-state index contributed by atoms with van der Waals surface area (Å²) in [6.07, 6.45) is 0. The maximum absolute atomic E-state index is 2.48. The van der Waals surface area contributed by atoms with Gasteiger partial charge in [-0.2, -0.15) is 0 Å². The number of rotatable bonds is 2. The fourth-order valence-corrected chi connectivity index (χ4v) is 6.11. The van der Waals surface area contributed by atoms with Crippen molar-refractivity contribution < 1.29 is 0 Å². The monoisotopic (exact) mass is 429 g/mol. The third-order valence-electron chi connectivity index (χ3n) is 7.53. The molecule has 0 bridgehead atoms. The molecule has 4 aromatic carbocycles. The van der Waals surface area contributed by atoms with E-state index in [1.807, 2.05) is 0 Å². The highest BCUT2D eigenvalue weighted by atomic mass is 15.4. The highest BCUT2D eigenvalue weighted by Crippen LogP contribution is 2.45. The molecule has 0 unspecified atom stereocenters. The molecule has 162 valence electrons. The Morgan fingerprint density at radius 1 is 0.697 bits per heavy atom. The second-order valence-corrected chi connectivity index (χ2v) is 9.78. The summed E-state index contributed by atoms with van der Waals surface area (Å²) in [6.45, 7) is 9.94. The number of hydrogen-bond donors (Lipinski definition) is 0. The Hall–Kier alpha value is -3.72. The van der Waals surface area contributed by atoms with Crippen molar-refractivity contribution in [3.63, 3.8) is 0 Å². The third-order valence-corrected chi connectivity index (χ3v) is 7.53. The maximum Gasteiger partial charge on any atom is 0.0955 e. The van der Waals surface area contributed by atoms with Crippen LogP contribution in [-0.2, 0) is 0 Å². The molecule has 0 atom stereocenters. The van der Waals surface area contributed by atoms with E-state index in [4.69, 9.17) is 0 Å². The number of anilines is 3. The fraction of sp³-hybridized carbons (Fsp3) is 0.200. The van der Waals surface area contributed by atoms with Crippen molar-refractivity contribution in [2.24, 2.45) is 0 Å². The molecule has 6 aromatic rings. The van der Waals surface area contributed by atoms with Crippen molar-refractivity contribution in [2.45, 2.75) is 33.7 Å². The molecule has 0 radical (unpaired) electrons. The zero-order valence-corrected chi connectivity index (χ0v) is 19.6. The average Bonchev–Trinajstić information content (AvgIpc) is 3.46. The van der Waals surface area contributed by atoms with Crippen molar-refractivity contribution in [2.75, 3.05) is 16.5 Å². The molecular weight excluding hydrogens is 402 g/mol. The van der Waals surface area contributed by atoms with E-state index >= 15 is 0 Å². The number of para-hydroxylation sites is 3. The standard InChI is InChI=1S/C30H27N3/c1-18(2)31-17-32(27-12-8-7-11-26(27)31)21-13-14-25-23(16-21)29-20(4)15-19(3)28-22-9-5-6-10-24(22)33(25)30(28)29/h5-16,18H,17H2,1-4H3. The van der Waals surface area contributed by atoms with Gasteiger partial charge in [0.25, 0.3) is 0 Å². The minimum atomic E-state index is 0.455. The first kappa shape index (κ1) is 18.8. The summed E-state index contributed by atoms with van der Waals surface area (Å²) in [6, 6.07) is 27.5. The first-order valence-corrected chi connectivity index (χ1v) is 11.9. The van der Waals surface area contributed by atoms with Crippen molar-refractivity contribution in [1.29, 1.82) is 0 Å². The Morgan fingerprint density at radius 3 is 2.15 bits per heavy atom. The molecular formula is C30H27N3. The van der Waals surface area contributed by atoms with Gasteiger partial charge in [-0.1, -0.05) is 36.4 Å². The minimum Gasteiger partial charge on any atom is -0.349 e. The van der Waals surface area contributed by atoms with Crippen molar-refractivity contribution in [1.82, 2.24) is 4.40 Å². The molecule has 3 heteroatoms. The molecule has 0 saturated heterocycles.